The Labute approximate surface area is 166 Å². The summed E-state index contributed by atoms with van der Waals surface area (Å²) in [4.78, 5) is 26.8. The number of hydrogen-bond acceptors (Lipinski definition) is 6. The van der Waals surface area contributed by atoms with Gasteiger partial charge in [-0.1, -0.05) is 0 Å². The third-order valence-corrected chi connectivity index (χ3v) is 5.18. The van der Waals surface area contributed by atoms with Crippen molar-refractivity contribution in [3.8, 4) is 28.5 Å². The minimum atomic E-state index is -0.188. The van der Waals surface area contributed by atoms with E-state index in [4.69, 9.17) is 9.84 Å². The van der Waals surface area contributed by atoms with Crippen LogP contribution in [-0.2, 0) is 0 Å². The molecule has 0 radical (unpaired) electrons. The van der Waals surface area contributed by atoms with Gasteiger partial charge in [0, 0.05) is 18.7 Å². The van der Waals surface area contributed by atoms with Crippen LogP contribution in [0.3, 0.4) is 0 Å². The zero-order valence-corrected chi connectivity index (χ0v) is 16.5. The molecule has 0 saturated heterocycles. The number of benzene rings is 1. The van der Waals surface area contributed by atoms with Gasteiger partial charge < -0.3 is 14.6 Å². The number of fused-ring (bicyclic) bond motifs is 2. The molecule has 1 N–H and O–H groups in total. The summed E-state index contributed by atoms with van der Waals surface area (Å²) < 4.78 is 9.11. The van der Waals surface area contributed by atoms with E-state index in [1.54, 1.807) is 27.8 Å². The predicted molar refractivity (Wildman–Crippen MR) is 109 cm³/mol. The molecular weight excluding hydrogens is 370 g/mol. The molecule has 29 heavy (non-hydrogen) atoms. The highest BCUT2D eigenvalue weighted by Crippen LogP contribution is 2.34. The van der Waals surface area contributed by atoms with Gasteiger partial charge in [0.15, 0.2) is 5.82 Å². The Balaban J connectivity index is 1.77. The lowest BCUT2D eigenvalue weighted by atomic mass is 10.1. The van der Waals surface area contributed by atoms with Gasteiger partial charge >= 0.3 is 0 Å². The number of hydrogen-bond donors (Lipinski definition) is 1. The van der Waals surface area contributed by atoms with E-state index in [1.165, 1.54) is 0 Å². The second-order valence-corrected chi connectivity index (χ2v) is 7.39. The number of anilines is 1. The summed E-state index contributed by atoms with van der Waals surface area (Å²) in [6.45, 7) is 5.40. The van der Waals surface area contributed by atoms with Crippen molar-refractivity contribution in [2.24, 2.45) is 0 Å². The van der Waals surface area contributed by atoms with Crippen LogP contribution in [0.4, 0.5) is 5.69 Å². The van der Waals surface area contributed by atoms with Crippen molar-refractivity contribution in [3.63, 3.8) is 0 Å². The van der Waals surface area contributed by atoms with Crippen LogP contribution in [0.25, 0.3) is 28.4 Å². The molecule has 4 heterocycles. The summed E-state index contributed by atoms with van der Waals surface area (Å²) in [5.74, 6) is 1.36. The molecule has 0 aliphatic carbocycles. The van der Waals surface area contributed by atoms with Crippen molar-refractivity contribution in [3.05, 3.63) is 47.3 Å². The highest BCUT2D eigenvalue weighted by Gasteiger charge is 2.22. The standard InChI is InChI=1S/C20H21N7O2/c1-12(2)26-18(13-4-5-15-17(8-13)29-7-6-25(15)3)24-27-16(14-9-21-11-23-14)10-22-19(27)20(26)28/h4-5,8-12H,6-7H2,1-3H3,(H,21,23). The number of nitrogens with one attached hydrogen (secondary N) is 1. The second kappa shape index (κ2) is 6.47. The number of imidazole rings is 2. The smallest absolute Gasteiger partial charge is 0.297 e. The molecule has 0 bridgehead atoms. The van der Waals surface area contributed by atoms with Crippen molar-refractivity contribution in [2.75, 3.05) is 25.1 Å². The molecule has 1 aliphatic rings. The predicted octanol–water partition coefficient (Wildman–Crippen LogP) is 2.36. The number of aromatic nitrogens is 6. The molecule has 9 nitrogen and oxygen atoms in total. The fourth-order valence-corrected chi connectivity index (χ4v) is 3.69. The van der Waals surface area contributed by atoms with E-state index >= 15 is 0 Å². The van der Waals surface area contributed by atoms with E-state index < -0.39 is 0 Å². The summed E-state index contributed by atoms with van der Waals surface area (Å²) in [5.41, 5.74) is 3.36. The summed E-state index contributed by atoms with van der Waals surface area (Å²) >= 11 is 0. The van der Waals surface area contributed by atoms with Crippen LogP contribution < -0.4 is 15.2 Å². The van der Waals surface area contributed by atoms with Crippen LogP contribution in [0.1, 0.15) is 19.9 Å². The summed E-state index contributed by atoms with van der Waals surface area (Å²) in [7, 11) is 2.04. The lowest BCUT2D eigenvalue weighted by Gasteiger charge is -2.28. The van der Waals surface area contributed by atoms with Gasteiger partial charge in [0.1, 0.15) is 18.1 Å². The molecule has 0 unspecified atom stereocenters. The Kier molecular flexibility index (Phi) is 3.90. The van der Waals surface area contributed by atoms with Crippen molar-refractivity contribution >= 4 is 11.3 Å². The molecule has 0 spiro atoms. The van der Waals surface area contributed by atoms with Crippen LogP contribution in [0, 0.1) is 0 Å². The largest absolute Gasteiger partial charge is 0.490 e. The van der Waals surface area contributed by atoms with Crippen LogP contribution in [0.15, 0.2) is 41.7 Å². The van der Waals surface area contributed by atoms with Crippen molar-refractivity contribution in [1.29, 1.82) is 0 Å². The van der Waals surface area contributed by atoms with Crippen molar-refractivity contribution in [2.45, 2.75) is 19.9 Å². The zero-order valence-electron chi connectivity index (χ0n) is 16.5. The Morgan fingerprint density at radius 1 is 1.24 bits per heavy atom. The molecule has 0 saturated carbocycles. The fraction of sp³-hybridized carbons (Fsp3) is 0.300. The number of aromatic amines is 1. The van der Waals surface area contributed by atoms with Gasteiger partial charge in [-0.2, -0.15) is 0 Å². The first-order chi connectivity index (χ1) is 14.0. The fourth-order valence-electron chi connectivity index (χ4n) is 3.69. The van der Waals surface area contributed by atoms with Crippen LogP contribution in [0.5, 0.6) is 5.75 Å². The zero-order chi connectivity index (χ0) is 20.1. The molecule has 1 aromatic carbocycles. The van der Waals surface area contributed by atoms with E-state index in [-0.39, 0.29) is 17.2 Å². The van der Waals surface area contributed by atoms with E-state index in [9.17, 15) is 4.79 Å². The molecule has 4 aromatic rings. The van der Waals surface area contributed by atoms with Crippen LogP contribution in [0.2, 0.25) is 0 Å². The molecule has 0 amide bonds. The van der Waals surface area contributed by atoms with E-state index in [0.717, 1.165) is 29.2 Å². The average Bonchev–Trinajstić information content (AvgIpc) is 3.37. The summed E-state index contributed by atoms with van der Waals surface area (Å²) in [6.07, 6.45) is 4.90. The number of ether oxygens (including phenoxy) is 1. The molecule has 3 aromatic heterocycles. The average molecular weight is 391 g/mol. The SMILES string of the molecule is CC(C)n1c(-c2ccc3c(c2)OCCN3C)nn2c(-c3cnc[nH]3)cnc2c1=O. The maximum Gasteiger partial charge on any atom is 0.297 e. The number of nitrogens with zero attached hydrogens (tertiary/aromatic N) is 6. The number of likely N-dealkylation sites (N-methyl/N-ethyl adjacent to an activating group) is 1. The van der Waals surface area contributed by atoms with Gasteiger partial charge in [-0.15, -0.1) is 5.10 Å². The van der Waals surface area contributed by atoms with Crippen molar-refractivity contribution < 1.29 is 4.74 Å². The Bertz CT molecular complexity index is 1250. The normalized spacial score (nSPS) is 13.7. The lowest BCUT2D eigenvalue weighted by molar-refractivity contribution is 0.311. The summed E-state index contributed by atoms with van der Waals surface area (Å²) in [5, 5.41) is 4.81. The van der Waals surface area contributed by atoms with E-state index in [0.29, 0.717) is 18.1 Å². The third kappa shape index (κ3) is 2.69. The minimum Gasteiger partial charge on any atom is -0.490 e. The van der Waals surface area contributed by atoms with Gasteiger partial charge in [0.2, 0.25) is 5.65 Å². The summed E-state index contributed by atoms with van der Waals surface area (Å²) in [6, 6.07) is 5.85. The van der Waals surface area contributed by atoms with Gasteiger partial charge in [0.05, 0.1) is 36.6 Å². The highest BCUT2D eigenvalue weighted by molar-refractivity contribution is 5.69. The Hall–Kier alpha value is -3.62. The first-order valence-electron chi connectivity index (χ1n) is 9.52. The first-order valence-corrected chi connectivity index (χ1v) is 9.52. The molecule has 5 rings (SSSR count). The van der Waals surface area contributed by atoms with Gasteiger partial charge in [-0.05, 0) is 32.0 Å². The van der Waals surface area contributed by atoms with Crippen LogP contribution in [-0.4, -0.2) is 49.3 Å². The molecule has 1 aliphatic heterocycles. The van der Waals surface area contributed by atoms with Gasteiger partial charge in [-0.25, -0.2) is 14.5 Å². The quantitative estimate of drug-likeness (QED) is 0.576. The second-order valence-electron chi connectivity index (χ2n) is 7.39. The van der Waals surface area contributed by atoms with Crippen LogP contribution >= 0.6 is 0 Å². The Morgan fingerprint density at radius 3 is 2.86 bits per heavy atom. The van der Waals surface area contributed by atoms with E-state index in [1.807, 2.05) is 39.1 Å². The maximum absolute atomic E-state index is 13.3. The van der Waals surface area contributed by atoms with Gasteiger partial charge in [0.25, 0.3) is 5.56 Å². The number of H-pyrrole nitrogens is 1. The lowest BCUT2D eigenvalue weighted by Crippen LogP contribution is -2.29. The minimum absolute atomic E-state index is 0.0815. The Morgan fingerprint density at radius 2 is 2.10 bits per heavy atom. The first kappa shape index (κ1) is 17.5. The topological polar surface area (TPSA) is 93.3 Å². The van der Waals surface area contributed by atoms with E-state index in [2.05, 4.69) is 19.9 Å². The number of rotatable bonds is 3. The van der Waals surface area contributed by atoms with Gasteiger partial charge in [-0.3, -0.25) is 9.36 Å². The molecular formula is C20H21N7O2. The monoisotopic (exact) mass is 391 g/mol. The van der Waals surface area contributed by atoms with Crippen molar-refractivity contribution in [1.82, 2.24) is 29.1 Å². The highest BCUT2D eigenvalue weighted by atomic mass is 16.5. The third-order valence-electron chi connectivity index (χ3n) is 5.18. The molecule has 9 heteroatoms. The molecule has 148 valence electrons. The maximum atomic E-state index is 13.3. The molecule has 0 fully saturated rings. The molecule has 0 atom stereocenters.